The molecule has 2 fully saturated rings. The van der Waals surface area contributed by atoms with Gasteiger partial charge in [-0.05, 0) is 36.8 Å². The van der Waals surface area contributed by atoms with E-state index in [1.54, 1.807) is 0 Å². The van der Waals surface area contributed by atoms with Crippen molar-refractivity contribution in [3.05, 3.63) is 71.8 Å². The lowest BCUT2D eigenvalue weighted by atomic mass is 10.0. The van der Waals surface area contributed by atoms with Gasteiger partial charge in [-0.25, -0.2) is 0 Å². The molecule has 0 aromatic heterocycles. The number of carbonyl (C=O) groups is 1. The van der Waals surface area contributed by atoms with Crippen LogP contribution in [0.2, 0.25) is 0 Å². The van der Waals surface area contributed by atoms with Gasteiger partial charge in [-0.1, -0.05) is 60.7 Å². The van der Waals surface area contributed by atoms with Crippen LogP contribution in [-0.2, 0) is 11.2 Å². The molecule has 0 radical (unpaired) electrons. The fourth-order valence-electron chi connectivity index (χ4n) is 4.07. The molecule has 1 amide bonds. The summed E-state index contributed by atoms with van der Waals surface area (Å²) in [7, 11) is 0. The van der Waals surface area contributed by atoms with E-state index in [1.807, 2.05) is 6.07 Å². The Labute approximate surface area is 156 Å². The Bertz CT molecular complexity index is 712. The monoisotopic (exact) mass is 348 g/mol. The lowest BCUT2D eigenvalue weighted by molar-refractivity contribution is -0.136. The lowest BCUT2D eigenvalue weighted by Gasteiger charge is -2.42. The largest absolute Gasteiger partial charge is 0.333 e. The fourth-order valence-corrected chi connectivity index (χ4v) is 4.07. The topological polar surface area (TPSA) is 23.6 Å². The molecule has 0 spiro atoms. The Balaban J connectivity index is 1.40. The predicted octanol–water partition coefficient (Wildman–Crippen LogP) is 4.06. The highest BCUT2D eigenvalue weighted by Crippen LogP contribution is 2.33. The maximum atomic E-state index is 13.0. The summed E-state index contributed by atoms with van der Waals surface area (Å²) in [6.07, 6.45) is 5.19. The second-order valence-electron chi connectivity index (χ2n) is 7.58. The Morgan fingerprint density at radius 1 is 0.923 bits per heavy atom. The van der Waals surface area contributed by atoms with E-state index in [0.717, 1.165) is 38.5 Å². The number of hydrogen-bond acceptors (Lipinski definition) is 2. The molecule has 4 rings (SSSR count). The van der Waals surface area contributed by atoms with Crippen LogP contribution in [0.25, 0.3) is 0 Å². The second-order valence-corrected chi connectivity index (χ2v) is 7.58. The summed E-state index contributed by atoms with van der Waals surface area (Å²) < 4.78 is 0. The Morgan fingerprint density at radius 2 is 1.62 bits per heavy atom. The zero-order valence-corrected chi connectivity index (χ0v) is 15.4. The van der Waals surface area contributed by atoms with E-state index in [-0.39, 0.29) is 6.04 Å². The standard InChI is InChI=1S/C23H28N2O/c26-23(13-7-10-19-8-3-1-4-9-19)25-17-16-24(21-14-15-21)18-22(25)20-11-5-2-6-12-20/h1-6,8-9,11-12,21-22H,7,10,13-18H2. The minimum absolute atomic E-state index is 0.203. The third-order valence-corrected chi connectivity index (χ3v) is 5.68. The van der Waals surface area contributed by atoms with Gasteiger partial charge in [0, 0.05) is 32.1 Å². The van der Waals surface area contributed by atoms with Crippen LogP contribution < -0.4 is 0 Å². The normalized spacial score (nSPS) is 20.9. The molecule has 1 saturated carbocycles. The summed E-state index contributed by atoms with van der Waals surface area (Å²) in [4.78, 5) is 17.7. The predicted molar refractivity (Wildman–Crippen MR) is 105 cm³/mol. The van der Waals surface area contributed by atoms with Crippen molar-refractivity contribution in [2.45, 2.75) is 44.2 Å². The minimum atomic E-state index is 0.203. The van der Waals surface area contributed by atoms with Gasteiger partial charge >= 0.3 is 0 Å². The van der Waals surface area contributed by atoms with Crippen molar-refractivity contribution in [3.63, 3.8) is 0 Å². The molecular weight excluding hydrogens is 320 g/mol. The van der Waals surface area contributed by atoms with E-state index in [2.05, 4.69) is 64.4 Å². The molecule has 1 heterocycles. The molecule has 1 aliphatic heterocycles. The molecular formula is C23H28N2O. The van der Waals surface area contributed by atoms with Crippen LogP contribution in [0.4, 0.5) is 0 Å². The van der Waals surface area contributed by atoms with Crippen LogP contribution in [0, 0.1) is 0 Å². The smallest absolute Gasteiger partial charge is 0.223 e. The first-order chi connectivity index (χ1) is 12.8. The molecule has 136 valence electrons. The van der Waals surface area contributed by atoms with Crippen molar-refractivity contribution in [2.75, 3.05) is 19.6 Å². The van der Waals surface area contributed by atoms with Gasteiger partial charge in [0.15, 0.2) is 0 Å². The highest BCUT2D eigenvalue weighted by Gasteiger charge is 2.37. The van der Waals surface area contributed by atoms with E-state index >= 15 is 0 Å². The third kappa shape index (κ3) is 4.16. The van der Waals surface area contributed by atoms with E-state index in [0.29, 0.717) is 12.3 Å². The van der Waals surface area contributed by atoms with Gasteiger partial charge in [0.1, 0.15) is 0 Å². The zero-order valence-electron chi connectivity index (χ0n) is 15.4. The van der Waals surface area contributed by atoms with Crippen molar-refractivity contribution >= 4 is 5.91 Å². The molecule has 1 atom stereocenters. The summed E-state index contributed by atoms with van der Waals surface area (Å²) in [6, 6.07) is 22.0. The number of piperazine rings is 1. The number of carbonyl (C=O) groups excluding carboxylic acids is 1. The molecule has 1 saturated heterocycles. The molecule has 3 nitrogen and oxygen atoms in total. The third-order valence-electron chi connectivity index (χ3n) is 5.68. The summed E-state index contributed by atoms with van der Waals surface area (Å²) in [6.45, 7) is 2.87. The highest BCUT2D eigenvalue weighted by atomic mass is 16.2. The minimum Gasteiger partial charge on any atom is -0.333 e. The van der Waals surface area contributed by atoms with Crippen molar-refractivity contribution in [2.24, 2.45) is 0 Å². The molecule has 1 unspecified atom stereocenters. The highest BCUT2D eigenvalue weighted by molar-refractivity contribution is 5.77. The van der Waals surface area contributed by atoms with Crippen molar-refractivity contribution in [1.82, 2.24) is 9.80 Å². The summed E-state index contributed by atoms with van der Waals surface area (Å²) in [5.74, 6) is 0.310. The van der Waals surface area contributed by atoms with E-state index in [4.69, 9.17) is 0 Å². The number of amides is 1. The van der Waals surface area contributed by atoms with Crippen LogP contribution in [0.3, 0.4) is 0 Å². The average molecular weight is 348 g/mol. The Morgan fingerprint density at radius 3 is 2.31 bits per heavy atom. The van der Waals surface area contributed by atoms with E-state index < -0.39 is 0 Å². The first-order valence-electron chi connectivity index (χ1n) is 9.93. The maximum absolute atomic E-state index is 13.0. The number of benzene rings is 2. The summed E-state index contributed by atoms with van der Waals surface area (Å²) in [5, 5.41) is 0. The average Bonchev–Trinajstić information content (AvgIpc) is 3.54. The first-order valence-corrected chi connectivity index (χ1v) is 9.93. The van der Waals surface area contributed by atoms with Gasteiger partial charge in [-0.3, -0.25) is 9.69 Å². The van der Waals surface area contributed by atoms with Gasteiger partial charge in [-0.2, -0.15) is 0 Å². The van der Waals surface area contributed by atoms with Crippen LogP contribution in [0.1, 0.15) is 42.9 Å². The molecule has 26 heavy (non-hydrogen) atoms. The van der Waals surface area contributed by atoms with Crippen molar-refractivity contribution in [3.8, 4) is 0 Å². The van der Waals surface area contributed by atoms with Gasteiger partial charge < -0.3 is 4.90 Å². The molecule has 1 aliphatic carbocycles. The van der Waals surface area contributed by atoms with Gasteiger partial charge in [0.2, 0.25) is 5.91 Å². The molecule has 0 N–H and O–H groups in total. The number of rotatable bonds is 6. The number of hydrogen-bond donors (Lipinski definition) is 0. The van der Waals surface area contributed by atoms with Crippen molar-refractivity contribution < 1.29 is 4.79 Å². The van der Waals surface area contributed by atoms with E-state index in [9.17, 15) is 4.79 Å². The van der Waals surface area contributed by atoms with Crippen LogP contribution >= 0.6 is 0 Å². The SMILES string of the molecule is O=C(CCCc1ccccc1)N1CCN(C2CC2)CC1c1ccccc1. The summed E-state index contributed by atoms with van der Waals surface area (Å²) in [5.41, 5.74) is 2.59. The van der Waals surface area contributed by atoms with Gasteiger partial charge in [0.25, 0.3) is 0 Å². The van der Waals surface area contributed by atoms with Crippen LogP contribution in [-0.4, -0.2) is 41.4 Å². The molecule has 2 aromatic carbocycles. The number of nitrogens with zero attached hydrogens (tertiary/aromatic N) is 2. The Hall–Kier alpha value is -2.13. The summed E-state index contributed by atoms with van der Waals surface area (Å²) >= 11 is 0. The molecule has 0 bridgehead atoms. The van der Waals surface area contributed by atoms with Crippen LogP contribution in [0.15, 0.2) is 60.7 Å². The van der Waals surface area contributed by atoms with Crippen LogP contribution in [0.5, 0.6) is 0 Å². The van der Waals surface area contributed by atoms with Gasteiger partial charge in [0.05, 0.1) is 6.04 Å². The second kappa shape index (κ2) is 8.05. The molecule has 3 heteroatoms. The Kier molecular flexibility index (Phi) is 5.35. The van der Waals surface area contributed by atoms with Crippen molar-refractivity contribution in [1.29, 1.82) is 0 Å². The first kappa shape index (κ1) is 17.3. The quantitative estimate of drug-likeness (QED) is 0.786. The zero-order chi connectivity index (χ0) is 17.8. The van der Waals surface area contributed by atoms with Gasteiger partial charge in [-0.15, -0.1) is 0 Å². The lowest BCUT2D eigenvalue weighted by Crippen LogP contribution is -2.51. The molecule has 2 aromatic rings. The molecule has 2 aliphatic rings. The van der Waals surface area contributed by atoms with E-state index in [1.165, 1.54) is 24.0 Å². The fraction of sp³-hybridized carbons (Fsp3) is 0.435. The maximum Gasteiger partial charge on any atom is 0.223 e. The number of aryl methyl sites for hydroxylation is 1.